The number of aromatic nitrogens is 2. The predicted octanol–water partition coefficient (Wildman–Crippen LogP) is 4.97. The lowest BCUT2D eigenvalue weighted by Crippen LogP contribution is -2.08. The fraction of sp³-hybridized carbons (Fsp3) is 0.533. The SMILES string of the molecule is CC(C)(C)SCCCCSc1nc2ccccc2[nH]1. The average molecular weight is 294 g/mol. The minimum atomic E-state index is 0.395. The zero-order valence-electron chi connectivity index (χ0n) is 11.9. The van der Waals surface area contributed by atoms with Crippen LogP contribution in [-0.2, 0) is 0 Å². The number of unbranched alkanes of at least 4 members (excludes halogenated alkanes) is 1. The van der Waals surface area contributed by atoms with Crippen LogP contribution in [0.5, 0.6) is 0 Å². The third-order valence-electron chi connectivity index (χ3n) is 2.68. The zero-order chi connectivity index (χ0) is 13.7. The Kier molecular flexibility index (Phi) is 5.22. The summed E-state index contributed by atoms with van der Waals surface area (Å²) in [6.07, 6.45) is 2.54. The average Bonchev–Trinajstić information content (AvgIpc) is 2.74. The summed E-state index contributed by atoms with van der Waals surface area (Å²) in [5, 5.41) is 1.05. The van der Waals surface area contributed by atoms with E-state index in [0.717, 1.165) is 21.9 Å². The van der Waals surface area contributed by atoms with Crippen molar-refractivity contribution < 1.29 is 0 Å². The number of imidazole rings is 1. The lowest BCUT2D eigenvalue weighted by atomic mass is 10.3. The summed E-state index contributed by atoms with van der Waals surface area (Å²) in [4.78, 5) is 7.93. The number of H-pyrrole nitrogens is 1. The number of benzene rings is 1. The minimum absolute atomic E-state index is 0.395. The first-order valence-electron chi connectivity index (χ1n) is 6.76. The third kappa shape index (κ3) is 5.11. The molecule has 0 aliphatic carbocycles. The van der Waals surface area contributed by atoms with E-state index >= 15 is 0 Å². The number of aromatic amines is 1. The maximum Gasteiger partial charge on any atom is 0.166 e. The van der Waals surface area contributed by atoms with Crippen LogP contribution in [0, 0.1) is 0 Å². The van der Waals surface area contributed by atoms with Gasteiger partial charge in [-0.25, -0.2) is 4.98 Å². The molecule has 1 heterocycles. The molecule has 1 N–H and O–H groups in total. The number of hydrogen-bond acceptors (Lipinski definition) is 3. The van der Waals surface area contributed by atoms with Crippen molar-refractivity contribution in [3.05, 3.63) is 24.3 Å². The van der Waals surface area contributed by atoms with Crippen molar-refractivity contribution in [3.8, 4) is 0 Å². The highest BCUT2D eigenvalue weighted by atomic mass is 32.2. The third-order valence-corrected chi connectivity index (χ3v) is 5.00. The molecule has 0 atom stereocenters. The standard InChI is InChI=1S/C15H22N2S2/c1-15(2,3)19-11-7-6-10-18-14-16-12-8-4-5-9-13(12)17-14/h4-5,8-9H,6-7,10-11H2,1-3H3,(H,16,17). The maximum absolute atomic E-state index is 4.57. The van der Waals surface area contributed by atoms with Crippen LogP contribution in [0.4, 0.5) is 0 Å². The summed E-state index contributed by atoms with van der Waals surface area (Å²) in [5.74, 6) is 2.40. The summed E-state index contributed by atoms with van der Waals surface area (Å²) >= 11 is 3.88. The lowest BCUT2D eigenvalue weighted by molar-refractivity contribution is 0.795. The molecule has 104 valence electrons. The molecule has 0 spiro atoms. The van der Waals surface area contributed by atoms with Crippen molar-refractivity contribution in [2.75, 3.05) is 11.5 Å². The van der Waals surface area contributed by atoms with E-state index in [0.29, 0.717) is 4.75 Å². The summed E-state index contributed by atoms with van der Waals surface area (Å²) in [6, 6.07) is 8.20. The molecule has 2 nitrogen and oxygen atoms in total. The monoisotopic (exact) mass is 294 g/mol. The zero-order valence-corrected chi connectivity index (χ0v) is 13.5. The Labute approximate surface area is 124 Å². The van der Waals surface area contributed by atoms with Gasteiger partial charge in [0, 0.05) is 10.5 Å². The van der Waals surface area contributed by atoms with E-state index in [2.05, 4.69) is 54.6 Å². The molecule has 2 rings (SSSR count). The van der Waals surface area contributed by atoms with E-state index in [-0.39, 0.29) is 0 Å². The molecule has 0 aliphatic heterocycles. The minimum Gasteiger partial charge on any atom is -0.333 e. The van der Waals surface area contributed by atoms with Gasteiger partial charge in [-0.05, 0) is 30.7 Å². The molecule has 0 amide bonds. The van der Waals surface area contributed by atoms with Gasteiger partial charge < -0.3 is 4.98 Å². The van der Waals surface area contributed by atoms with E-state index in [1.807, 2.05) is 23.9 Å². The van der Waals surface area contributed by atoms with Crippen molar-refractivity contribution in [1.29, 1.82) is 0 Å². The summed E-state index contributed by atoms with van der Waals surface area (Å²) < 4.78 is 0.395. The van der Waals surface area contributed by atoms with Crippen molar-refractivity contribution in [2.24, 2.45) is 0 Å². The molecule has 0 saturated heterocycles. The van der Waals surface area contributed by atoms with Crippen LogP contribution >= 0.6 is 23.5 Å². The van der Waals surface area contributed by atoms with E-state index in [1.54, 1.807) is 0 Å². The number of thioether (sulfide) groups is 2. The molecule has 4 heteroatoms. The highest BCUT2D eigenvalue weighted by Crippen LogP contribution is 2.25. The van der Waals surface area contributed by atoms with Gasteiger partial charge in [0.15, 0.2) is 5.16 Å². The van der Waals surface area contributed by atoms with Crippen LogP contribution in [0.25, 0.3) is 11.0 Å². The maximum atomic E-state index is 4.57. The molecule has 0 saturated carbocycles. The van der Waals surface area contributed by atoms with Crippen LogP contribution in [-0.4, -0.2) is 26.2 Å². The van der Waals surface area contributed by atoms with Gasteiger partial charge in [0.05, 0.1) is 11.0 Å². The van der Waals surface area contributed by atoms with Crippen molar-refractivity contribution in [2.45, 2.75) is 43.5 Å². The van der Waals surface area contributed by atoms with Gasteiger partial charge >= 0.3 is 0 Å². The molecule has 0 fully saturated rings. The first-order chi connectivity index (χ1) is 9.04. The number of fused-ring (bicyclic) bond motifs is 1. The van der Waals surface area contributed by atoms with Gasteiger partial charge in [-0.2, -0.15) is 11.8 Å². The first-order valence-corrected chi connectivity index (χ1v) is 8.73. The molecular formula is C15H22N2S2. The van der Waals surface area contributed by atoms with Gasteiger partial charge in [0.2, 0.25) is 0 Å². The Hall–Kier alpha value is -0.610. The van der Waals surface area contributed by atoms with Gasteiger partial charge in [0.25, 0.3) is 0 Å². The summed E-state index contributed by atoms with van der Waals surface area (Å²) in [6.45, 7) is 6.84. The number of nitrogens with zero attached hydrogens (tertiary/aromatic N) is 1. The van der Waals surface area contributed by atoms with Crippen molar-refractivity contribution in [1.82, 2.24) is 9.97 Å². The van der Waals surface area contributed by atoms with E-state index in [9.17, 15) is 0 Å². The summed E-state index contributed by atoms with van der Waals surface area (Å²) in [7, 11) is 0. The Balaban J connectivity index is 1.68. The molecule has 0 unspecified atom stereocenters. The predicted molar refractivity (Wildman–Crippen MR) is 88.3 cm³/mol. The first kappa shape index (κ1) is 14.8. The van der Waals surface area contributed by atoms with Gasteiger partial charge in [-0.15, -0.1) is 0 Å². The molecule has 1 aromatic carbocycles. The fourth-order valence-electron chi connectivity index (χ4n) is 1.75. The van der Waals surface area contributed by atoms with Crippen molar-refractivity contribution >= 4 is 34.6 Å². The van der Waals surface area contributed by atoms with Crippen molar-refractivity contribution in [3.63, 3.8) is 0 Å². The largest absolute Gasteiger partial charge is 0.333 e. The van der Waals surface area contributed by atoms with Gasteiger partial charge in [-0.3, -0.25) is 0 Å². The Bertz CT molecular complexity index is 481. The topological polar surface area (TPSA) is 28.7 Å². The van der Waals surface area contributed by atoms with Crippen LogP contribution in [0.1, 0.15) is 33.6 Å². The number of nitrogens with one attached hydrogen (secondary N) is 1. The van der Waals surface area contributed by atoms with Crippen LogP contribution in [0.2, 0.25) is 0 Å². The van der Waals surface area contributed by atoms with Gasteiger partial charge in [0.1, 0.15) is 0 Å². The Morgan fingerprint density at radius 1 is 1.11 bits per heavy atom. The van der Waals surface area contributed by atoms with Crippen LogP contribution in [0.3, 0.4) is 0 Å². The van der Waals surface area contributed by atoms with Crippen LogP contribution in [0.15, 0.2) is 29.4 Å². The van der Waals surface area contributed by atoms with E-state index in [4.69, 9.17) is 0 Å². The molecule has 2 aromatic rings. The normalized spacial score (nSPS) is 12.2. The molecule has 0 bridgehead atoms. The highest BCUT2D eigenvalue weighted by molar-refractivity contribution is 8.00. The fourth-order valence-corrected chi connectivity index (χ4v) is 3.60. The van der Waals surface area contributed by atoms with Gasteiger partial charge in [-0.1, -0.05) is 44.7 Å². The Morgan fingerprint density at radius 2 is 1.84 bits per heavy atom. The summed E-state index contributed by atoms with van der Waals surface area (Å²) in [5.41, 5.74) is 2.20. The number of rotatable bonds is 6. The van der Waals surface area contributed by atoms with Crippen LogP contribution < -0.4 is 0 Å². The smallest absolute Gasteiger partial charge is 0.166 e. The lowest BCUT2D eigenvalue weighted by Gasteiger charge is -2.16. The molecule has 19 heavy (non-hydrogen) atoms. The second-order valence-electron chi connectivity index (χ2n) is 5.58. The number of para-hydroxylation sites is 2. The number of hydrogen-bond donors (Lipinski definition) is 1. The Morgan fingerprint density at radius 3 is 2.58 bits per heavy atom. The second kappa shape index (κ2) is 6.71. The van der Waals surface area contributed by atoms with E-state index < -0.39 is 0 Å². The highest BCUT2D eigenvalue weighted by Gasteiger charge is 2.09. The second-order valence-corrected chi connectivity index (χ2v) is 8.58. The molecule has 1 aromatic heterocycles. The molecule has 0 aliphatic rings. The van der Waals surface area contributed by atoms with E-state index in [1.165, 1.54) is 18.6 Å². The molecule has 0 radical (unpaired) electrons. The molecular weight excluding hydrogens is 272 g/mol. The quantitative estimate of drug-likeness (QED) is 0.602.